The lowest BCUT2D eigenvalue weighted by Crippen LogP contribution is -2.41. The molecule has 2 rings (SSSR count). The quantitative estimate of drug-likeness (QED) is 0.802. The second-order valence-corrected chi connectivity index (χ2v) is 5.96. The van der Waals surface area contributed by atoms with Crippen LogP contribution < -0.4 is 5.32 Å². The van der Waals surface area contributed by atoms with Gasteiger partial charge in [0.15, 0.2) is 0 Å². The van der Waals surface area contributed by atoms with Crippen molar-refractivity contribution < 1.29 is 9.53 Å². The average molecular weight is 268 g/mol. The molecular weight excluding hydrogens is 240 g/mol. The fraction of sp³-hybridized carbons (Fsp3) is 0.933. The van der Waals surface area contributed by atoms with Crippen LogP contribution in [0.2, 0.25) is 0 Å². The van der Waals surface area contributed by atoms with Crippen LogP contribution in [0, 0.1) is 5.92 Å². The summed E-state index contributed by atoms with van der Waals surface area (Å²) in [6.45, 7) is 8.11. The highest BCUT2D eigenvalue weighted by Gasteiger charge is 2.41. The fourth-order valence-electron chi connectivity index (χ4n) is 3.08. The number of rotatable bonds is 6. The van der Waals surface area contributed by atoms with E-state index in [9.17, 15) is 4.79 Å². The molecule has 0 radical (unpaired) electrons. The van der Waals surface area contributed by atoms with Crippen molar-refractivity contribution in [1.29, 1.82) is 0 Å². The van der Waals surface area contributed by atoms with Crippen molar-refractivity contribution in [2.45, 2.75) is 71.2 Å². The molecule has 110 valence electrons. The Morgan fingerprint density at radius 2 is 2.26 bits per heavy atom. The minimum absolute atomic E-state index is 0.00273. The summed E-state index contributed by atoms with van der Waals surface area (Å²) in [4.78, 5) is 14.6. The predicted octanol–water partition coefficient (Wildman–Crippen LogP) is 2.14. The van der Waals surface area contributed by atoms with Gasteiger partial charge in [-0.25, -0.2) is 0 Å². The maximum atomic E-state index is 12.6. The second kappa shape index (κ2) is 6.71. The molecule has 0 aromatic heterocycles. The van der Waals surface area contributed by atoms with Gasteiger partial charge in [0, 0.05) is 13.2 Å². The zero-order valence-electron chi connectivity index (χ0n) is 12.5. The monoisotopic (exact) mass is 268 g/mol. The highest BCUT2D eigenvalue weighted by atomic mass is 16.5. The third-order valence-electron chi connectivity index (χ3n) is 4.50. The zero-order valence-corrected chi connectivity index (χ0v) is 12.5. The van der Waals surface area contributed by atoms with E-state index < -0.39 is 0 Å². The van der Waals surface area contributed by atoms with Crippen LogP contribution in [0.4, 0.5) is 0 Å². The molecule has 1 N–H and O–H groups in total. The Kier molecular flexibility index (Phi) is 5.22. The van der Waals surface area contributed by atoms with E-state index in [2.05, 4.69) is 26.1 Å². The van der Waals surface area contributed by atoms with Crippen LogP contribution in [0.25, 0.3) is 0 Å². The zero-order chi connectivity index (χ0) is 13.8. The van der Waals surface area contributed by atoms with E-state index in [0.717, 1.165) is 45.3 Å². The van der Waals surface area contributed by atoms with Gasteiger partial charge in [-0.3, -0.25) is 10.1 Å². The Hall–Kier alpha value is -0.610. The molecule has 0 aromatic carbocycles. The Morgan fingerprint density at radius 3 is 2.84 bits per heavy atom. The number of carbonyl (C=O) groups excluding carboxylic acids is 1. The van der Waals surface area contributed by atoms with Gasteiger partial charge in [-0.15, -0.1) is 0 Å². The Morgan fingerprint density at radius 1 is 1.47 bits per heavy atom. The molecule has 4 heteroatoms. The van der Waals surface area contributed by atoms with Crippen molar-refractivity contribution in [2.24, 2.45) is 5.92 Å². The van der Waals surface area contributed by atoms with Crippen LogP contribution in [0.1, 0.15) is 52.9 Å². The van der Waals surface area contributed by atoms with E-state index in [4.69, 9.17) is 4.74 Å². The molecule has 0 bridgehead atoms. The molecule has 2 aliphatic rings. The highest BCUT2D eigenvalue weighted by molar-refractivity contribution is 5.84. The molecule has 0 aliphatic carbocycles. The first-order valence-corrected chi connectivity index (χ1v) is 7.85. The van der Waals surface area contributed by atoms with E-state index in [0.29, 0.717) is 5.92 Å². The number of amides is 1. The lowest BCUT2D eigenvalue weighted by Gasteiger charge is -2.26. The molecule has 19 heavy (non-hydrogen) atoms. The third-order valence-corrected chi connectivity index (χ3v) is 4.50. The van der Waals surface area contributed by atoms with Gasteiger partial charge in [0.05, 0.1) is 18.3 Å². The Bertz CT molecular complexity index is 303. The molecule has 2 fully saturated rings. The second-order valence-electron chi connectivity index (χ2n) is 5.96. The Labute approximate surface area is 116 Å². The largest absolute Gasteiger partial charge is 0.376 e. The number of nitrogens with zero attached hydrogens (tertiary/aromatic N) is 1. The van der Waals surface area contributed by atoms with E-state index in [-0.39, 0.29) is 24.2 Å². The lowest BCUT2D eigenvalue weighted by atomic mass is 9.99. The van der Waals surface area contributed by atoms with Crippen molar-refractivity contribution in [3.8, 4) is 0 Å². The van der Waals surface area contributed by atoms with Crippen LogP contribution in [-0.2, 0) is 9.53 Å². The summed E-state index contributed by atoms with van der Waals surface area (Å²) in [5.41, 5.74) is 0. The normalized spacial score (nSPS) is 33.1. The van der Waals surface area contributed by atoms with Gasteiger partial charge in [-0.2, -0.15) is 0 Å². The SMILES string of the molecule is CCCC1NC(C(C)CC)C(=O)N1CC1CCCO1. The minimum Gasteiger partial charge on any atom is -0.376 e. The van der Waals surface area contributed by atoms with Crippen LogP contribution in [0.5, 0.6) is 0 Å². The number of hydrogen-bond donors (Lipinski definition) is 1. The van der Waals surface area contributed by atoms with E-state index >= 15 is 0 Å². The molecular formula is C15H28N2O2. The van der Waals surface area contributed by atoms with Crippen molar-refractivity contribution >= 4 is 5.91 Å². The molecule has 0 saturated carbocycles. The van der Waals surface area contributed by atoms with Crippen LogP contribution in [-0.4, -0.2) is 42.3 Å². The van der Waals surface area contributed by atoms with E-state index in [1.54, 1.807) is 0 Å². The summed E-state index contributed by atoms with van der Waals surface area (Å²) in [5.74, 6) is 0.685. The maximum absolute atomic E-state index is 12.6. The molecule has 2 heterocycles. The Balaban J connectivity index is 2.01. The van der Waals surface area contributed by atoms with Gasteiger partial charge in [0.25, 0.3) is 0 Å². The maximum Gasteiger partial charge on any atom is 0.241 e. The van der Waals surface area contributed by atoms with Crippen LogP contribution in [0.3, 0.4) is 0 Å². The lowest BCUT2D eigenvalue weighted by molar-refractivity contribution is -0.132. The van der Waals surface area contributed by atoms with Crippen molar-refractivity contribution in [3.63, 3.8) is 0 Å². The molecule has 4 atom stereocenters. The topological polar surface area (TPSA) is 41.6 Å². The molecule has 2 aliphatic heterocycles. The van der Waals surface area contributed by atoms with Gasteiger partial charge in [-0.05, 0) is 25.2 Å². The van der Waals surface area contributed by atoms with E-state index in [1.165, 1.54) is 0 Å². The van der Waals surface area contributed by atoms with Gasteiger partial charge in [-0.1, -0.05) is 33.6 Å². The first kappa shape index (κ1) is 14.8. The third kappa shape index (κ3) is 3.29. The van der Waals surface area contributed by atoms with Gasteiger partial charge >= 0.3 is 0 Å². The molecule has 0 spiro atoms. The predicted molar refractivity (Wildman–Crippen MR) is 75.8 cm³/mol. The molecule has 4 unspecified atom stereocenters. The molecule has 0 aromatic rings. The van der Waals surface area contributed by atoms with Crippen molar-refractivity contribution in [1.82, 2.24) is 10.2 Å². The number of hydrogen-bond acceptors (Lipinski definition) is 3. The summed E-state index contributed by atoms with van der Waals surface area (Å²) < 4.78 is 5.69. The first-order chi connectivity index (χ1) is 9.17. The minimum atomic E-state index is 0.00273. The molecule has 1 amide bonds. The van der Waals surface area contributed by atoms with Gasteiger partial charge in [0.2, 0.25) is 5.91 Å². The summed E-state index contributed by atoms with van der Waals surface area (Å²) in [6.07, 6.45) is 5.85. The van der Waals surface area contributed by atoms with Crippen LogP contribution in [0.15, 0.2) is 0 Å². The van der Waals surface area contributed by atoms with Crippen LogP contribution >= 0.6 is 0 Å². The smallest absolute Gasteiger partial charge is 0.241 e. The highest BCUT2D eigenvalue weighted by Crippen LogP contribution is 2.24. The first-order valence-electron chi connectivity index (χ1n) is 7.85. The van der Waals surface area contributed by atoms with Crippen molar-refractivity contribution in [3.05, 3.63) is 0 Å². The molecule has 4 nitrogen and oxygen atoms in total. The summed E-state index contributed by atoms with van der Waals surface area (Å²) in [5, 5.41) is 3.54. The summed E-state index contributed by atoms with van der Waals surface area (Å²) >= 11 is 0. The standard InChI is InChI=1S/C15H28N2O2/c1-4-7-13-16-14(11(3)5-2)15(18)17(13)10-12-8-6-9-19-12/h11-14,16H,4-10H2,1-3H3. The summed E-state index contributed by atoms with van der Waals surface area (Å²) in [6, 6.07) is 0.00273. The van der Waals surface area contributed by atoms with E-state index in [1.807, 2.05) is 4.90 Å². The fourth-order valence-corrected chi connectivity index (χ4v) is 3.08. The average Bonchev–Trinajstić information content (AvgIpc) is 3.01. The van der Waals surface area contributed by atoms with Crippen molar-refractivity contribution in [2.75, 3.05) is 13.2 Å². The van der Waals surface area contributed by atoms with Gasteiger partial charge < -0.3 is 9.64 Å². The molecule has 2 saturated heterocycles. The number of ether oxygens (including phenoxy) is 1. The van der Waals surface area contributed by atoms with Gasteiger partial charge in [0.1, 0.15) is 0 Å². The number of carbonyl (C=O) groups is 1. The number of nitrogens with one attached hydrogen (secondary N) is 1. The summed E-state index contributed by atoms with van der Waals surface area (Å²) in [7, 11) is 0.